The molecule has 4 nitrogen and oxygen atoms in total. The van der Waals surface area contributed by atoms with Crippen LogP contribution in [-0.2, 0) is 5.54 Å². The lowest BCUT2D eigenvalue weighted by molar-refractivity contribution is 0.0942. The number of hydrogen-bond donors (Lipinski definition) is 3. The van der Waals surface area contributed by atoms with E-state index in [0.717, 1.165) is 52.0 Å². The highest BCUT2D eigenvalue weighted by molar-refractivity contribution is 9.11. The van der Waals surface area contributed by atoms with Gasteiger partial charge in [-0.1, -0.05) is 47.8 Å². The average Bonchev–Trinajstić information content (AvgIpc) is 3.43. The summed E-state index contributed by atoms with van der Waals surface area (Å²) in [6, 6.07) is 17.9. The van der Waals surface area contributed by atoms with Gasteiger partial charge in [0.05, 0.1) is 0 Å². The van der Waals surface area contributed by atoms with Crippen LogP contribution in [0.1, 0.15) is 21.5 Å². The quantitative estimate of drug-likeness (QED) is 0.197. The van der Waals surface area contributed by atoms with E-state index in [2.05, 4.69) is 75.2 Å². The largest absolute Gasteiger partial charge is 0.365 e. The molecular weight excluding hydrogens is 586 g/mol. The van der Waals surface area contributed by atoms with E-state index in [1.807, 2.05) is 54.9 Å². The van der Waals surface area contributed by atoms with Crippen LogP contribution < -0.4 is 5.32 Å². The smallest absolute Gasteiger partial charge is 0.199 e. The summed E-state index contributed by atoms with van der Waals surface area (Å²) in [7, 11) is 0. The normalized spacial score (nSPS) is 14.9. The standard InChI is InChI=1S/C24H14Br3N3O/c25-12-1-4-20-15(7-12)18(10-28-20)24(19-11-29-21-5-2-13(26)8-16(19)21)23(31)17-9-14(27)3-6-22(17)30-24/h1-11,28-30H. The SMILES string of the molecule is O=C1c2cc(Br)ccc2NC1(c1c[nH]c2ccc(Br)cc12)c1c[nH]c2ccc(Br)cc12. The molecule has 0 bridgehead atoms. The Morgan fingerprint density at radius 2 is 1.19 bits per heavy atom. The van der Waals surface area contributed by atoms with Gasteiger partial charge in [0.1, 0.15) is 0 Å². The Morgan fingerprint density at radius 1 is 0.677 bits per heavy atom. The first-order chi connectivity index (χ1) is 15.0. The van der Waals surface area contributed by atoms with Crippen LogP contribution in [0, 0.1) is 0 Å². The number of anilines is 1. The Labute approximate surface area is 202 Å². The van der Waals surface area contributed by atoms with E-state index in [-0.39, 0.29) is 5.78 Å². The fourth-order valence-electron chi connectivity index (χ4n) is 4.60. The molecule has 6 rings (SSSR count). The number of aromatic nitrogens is 2. The molecule has 0 saturated heterocycles. The van der Waals surface area contributed by atoms with Gasteiger partial charge in [0.2, 0.25) is 0 Å². The van der Waals surface area contributed by atoms with Crippen LogP contribution in [0.3, 0.4) is 0 Å². The van der Waals surface area contributed by atoms with Gasteiger partial charge in [-0.25, -0.2) is 0 Å². The zero-order valence-electron chi connectivity index (χ0n) is 15.9. The predicted octanol–water partition coefficient (Wildman–Crippen LogP) is 7.49. The molecule has 152 valence electrons. The number of carbonyl (C=O) groups is 1. The Morgan fingerprint density at radius 3 is 1.77 bits per heavy atom. The van der Waals surface area contributed by atoms with E-state index in [4.69, 9.17) is 0 Å². The molecule has 3 heterocycles. The van der Waals surface area contributed by atoms with Gasteiger partial charge in [0.25, 0.3) is 0 Å². The van der Waals surface area contributed by atoms with Gasteiger partial charge in [-0.2, -0.15) is 0 Å². The van der Waals surface area contributed by atoms with Crippen LogP contribution in [0.25, 0.3) is 21.8 Å². The molecule has 7 heteroatoms. The van der Waals surface area contributed by atoms with Gasteiger partial charge >= 0.3 is 0 Å². The third-order valence-electron chi connectivity index (χ3n) is 5.98. The minimum atomic E-state index is -1.07. The molecule has 1 aliphatic rings. The van der Waals surface area contributed by atoms with Crippen molar-refractivity contribution in [2.75, 3.05) is 5.32 Å². The van der Waals surface area contributed by atoms with Crippen LogP contribution in [0.15, 0.2) is 80.4 Å². The molecule has 31 heavy (non-hydrogen) atoms. The summed E-state index contributed by atoms with van der Waals surface area (Å²) in [6.45, 7) is 0. The zero-order valence-corrected chi connectivity index (χ0v) is 20.7. The first-order valence-corrected chi connectivity index (χ1v) is 12.0. The number of H-pyrrole nitrogens is 2. The van der Waals surface area contributed by atoms with Crippen LogP contribution in [-0.4, -0.2) is 15.8 Å². The summed E-state index contributed by atoms with van der Waals surface area (Å²) < 4.78 is 2.80. The second kappa shape index (κ2) is 6.82. The Bertz CT molecular complexity index is 1450. The summed E-state index contributed by atoms with van der Waals surface area (Å²) in [5.74, 6) is 0.0190. The summed E-state index contributed by atoms with van der Waals surface area (Å²) in [5, 5.41) is 5.60. The molecular formula is C24H14Br3N3O. The first kappa shape index (κ1) is 19.3. The molecule has 5 aromatic rings. The number of halogens is 3. The molecule has 1 aliphatic heterocycles. The van der Waals surface area contributed by atoms with Gasteiger partial charge in [0.15, 0.2) is 11.3 Å². The van der Waals surface area contributed by atoms with E-state index in [1.165, 1.54) is 0 Å². The molecule has 0 fully saturated rings. The predicted molar refractivity (Wildman–Crippen MR) is 135 cm³/mol. The third-order valence-corrected chi connectivity index (χ3v) is 7.46. The number of aromatic amines is 2. The molecule has 3 N–H and O–H groups in total. The van der Waals surface area contributed by atoms with E-state index in [1.54, 1.807) is 0 Å². The highest BCUT2D eigenvalue weighted by atomic mass is 79.9. The van der Waals surface area contributed by atoms with E-state index in [9.17, 15) is 4.79 Å². The number of fused-ring (bicyclic) bond motifs is 3. The fraction of sp³-hybridized carbons (Fsp3) is 0.0417. The van der Waals surface area contributed by atoms with Crippen LogP contribution in [0.5, 0.6) is 0 Å². The van der Waals surface area contributed by atoms with Crippen molar-refractivity contribution in [3.8, 4) is 0 Å². The van der Waals surface area contributed by atoms with E-state index in [0.29, 0.717) is 5.56 Å². The van der Waals surface area contributed by atoms with E-state index >= 15 is 0 Å². The Hall–Kier alpha value is -2.35. The number of benzene rings is 3. The lowest BCUT2D eigenvalue weighted by atomic mass is 9.79. The van der Waals surface area contributed by atoms with Crippen molar-refractivity contribution < 1.29 is 4.79 Å². The number of Topliss-reactive ketones (excluding diaryl/α,β-unsaturated/α-hetero) is 1. The summed E-state index contributed by atoms with van der Waals surface area (Å²) in [5.41, 5.74) is 4.16. The van der Waals surface area contributed by atoms with Crippen LogP contribution >= 0.6 is 47.8 Å². The zero-order chi connectivity index (χ0) is 21.3. The van der Waals surface area contributed by atoms with Crippen molar-refractivity contribution in [1.82, 2.24) is 9.97 Å². The molecule has 0 aliphatic carbocycles. The lowest BCUT2D eigenvalue weighted by Crippen LogP contribution is -2.39. The third kappa shape index (κ3) is 2.73. The highest BCUT2D eigenvalue weighted by Crippen LogP contribution is 2.48. The van der Waals surface area contributed by atoms with E-state index < -0.39 is 5.54 Å². The molecule has 0 amide bonds. The first-order valence-electron chi connectivity index (χ1n) is 9.64. The van der Waals surface area contributed by atoms with Crippen molar-refractivity contribution in [1.29, 1.82) is 0 Å². The Kier molecular flexibility index (Phi) is 4.26. The number of carbonyl (C=O) groups excluding carboxylic acids is 1. The summed E-state index contributed by atoms with van der Waals surface area (Å²) >= 11 is 10.7. The molecule has 0 radical (unpaired) electrons. The minimum Gasteiger partial charge on any atom is -0.365 e. The van der Waals surface area contributed by atoms with Gasteiger partial charge in [-0.05, 0) is 54.6 Å². The number of nitrogens with one attached hydrogen (secondary N) is 3. The van der Waals surface area contributed by atoms with Crippen LogP contribution in [0.4, 0.5) is 5.69 Å². The van der Waals surface area contributed by atoms with Crippen molar-refractivity contribution in [2.45, 2.75) is 5.54 Å². The van der Waals surface area contributed by atoms with Gasteiger partial charge < -0.3 is 15.3 Å². The van der Waals surface area contributed by atoms with Gasteiger partial charge in [0, 0.05) is 70.0 Å². The second-order valence-electron chi connectivity index (χ2n) is 7.68. The highest BCUT2D eigenvalue weighted by Gasteiger charge is 2.50. The van der Waals surface area contributed by atoms with Gasteiger partial charge in [-0.3, -0.25) is 4.79 Å². The van der Waals surface area contributed by atoms with Gasteiger partial charge in [-0.15, -0.1) is 0 Å². The van der Waals surface area contributed by atoms with Crippen molar-refractivity contribution in [2.24, 2.45) is 0 Å². The average molecular weight is 600 g/mol. The fourth-order valence-corrected chi connectivity index (χ4v) is 5.69. The monoisotopic (exact) mass is 597 g/mol. The maximum Gasteiger partial charge on any atom is 0.199 e. The molecule has 0 saturated carbocycles. The van der Waals surface area contributed by atoms with Crippen LogP contribution in [0.2, 0.25) is 0 Å². The number of ketones is 1. The number of rotatable bonds is 2. The molecule has 3 aromatic carbocycles. The maximum absolute atomic E-state index is 14.2. The molecule has 0 unspecified atom stereocenters. The summed E-state index contributed by atoms with van der Waals surface area (Å²) in [6.07, 6.45) is 3.89. The topological polar surface area (TPSA) is 60.7 Å². The van der Waals surface area contributed by atoms with Crippen molar-refractivity contribution in [3.63, 3.8) is 0 Å². The minimum absolute atomic E-state index is 0.0190. The molecule has 0 spiro atoms. The van der Waals surface area contributed by atoms with Crippen molar-refractivity contribution >= 4 is 81.1 Å². The molecule has 2 aromatic heterocycles. The maximum atomic E-state index is 14.2. The molecule has 0 atom stereocenters. The number of hydrogen-bond acceptors (Lipinski definition) is 2. The summed E-state index contributed by atoms with van der Waals surface area (Å²) in [4.78, 5) is 20.9. The van der Waals surface area contributed by atoms with Crippen molar-refractivity contribution in [3.05, 3.63) is 97.1 Å². The lowest BCUT2D eigenvalue weighted by Gasteiger charge is -2.29. The second-order valence-corrected chi connectivity index (χ2v) is 10.4. The Balaban J connectivity index is 1.72.